The first-order chi connectivity index (χ1) is 8.02. The van der Waals surface area contributed by atoms with Crippen LogP contribution in [0.2, 0.25) is 0 Å². The third-order valence-electron chi connectivity index (χ3n) is 3.62. The summed E-state index contributed by atoms with van der Waals surface area (Å²) < 4.78 is 5.32. The highest BCUT2D eigenvalue weighted by Crippen LogP contribution is 2.25. The minimum Gasteiger partial charge on any atom is -0.339 e. The maximum Gasteiger partial charge on any atom is 0.232 e. The van der Waals surface area contributed by atoms with Crippen LogP contribution in [-0.2, 0) is 12.0 Å². The van der Waals surface area contributed by atoms with Gasteiger partial charge in [0.15, 0.2) is 5.82 Å². The molecule has 2 fully saturated rings. The first-order valence-electron chi connectivity index (χ1n) is 6.33. The van der Waals surface area contributed by atoms with Gasteiger partial charge in [-0.05, 0) is 6.42 Å². The maximum atomic E-state index is 5.32. The molecular formula is C12H20N4O. The molecule has 2 bridgehead atoms. The van der Waals surface area contributed by atoms with E-state index >= 15 is 0 Å². The van der Waals surface area contributed by atoms with Crippen LogP contribution in [0.4, 0.5) is 0 Å². The molecule has 17 heavy (non-hydrogen) atoms. The van der Waals surface area contributed by atoms with Crippen LogP contribution in [0.1, 0.15) is 38.9 Å². The highest BCUT2D eigenvalue weighted by molar-refractivity contribution is 5.02. The zero-order valence-corrected chi connectivity index (χ0v) is 10.7. The van der Waals surface area contributed by atoms with Crippen LogP contribution in [0.5, 0.6) is 0 Å². The van der Waals surface area contributed by atoms with Crippen molar-refractivity contribution < 1.29 is 4.52 Å². The Morgan fingerprint density at radius 1 is 1.47 bits per heavy atom. The molecule has 0 saturated carbocycles. The molecule has 2 atom stereocenters. The predicted octanol–water partition coefficient (Wildman–Crippen LogP) is 0.913. The Hall–Kier alpha value is -0.940. The van der Waals surface area contributed by atoms with E-state index in [4.69, 9.17) is 4.52 Å². The Morgan fingerprint density at radius 3 is 2.82 bits per heavy atom. The Morgan fingerprint density at radius 2 is 2.29 bits per heavy atom. The number of aromatic nitrogens is 2. The summed E-state index contributed by atoms with van der Waals surface area (Å²) in [5.74, 6) is 1.55. The summed E-state index contributed by atoms with van der Waals surface area (Å²) >= 11 is 0. The molecule has 0 unspecified atom stereocenters. The van der Waals surface area contributed by atoms with E-state index in [1.54, 1.807) is 0 Å². The molecule has 0 aromatic carbocycles. The number of fused-ring (bicyclic) bond motifs is 2. The smallest absolute Gasteiger partial charge is 0.232 e. The molecule has 5 heteroatoms. The van der Waals surface area contributed by atoms with Crippen molar-refractivity contribution in [3.63, 3.8) is 0 Å². The molecule has 1 N–H and O–H groups in total. The summed E-state index contributed by atoms with van der Waals surface area (Å²) in [5, 5.41) is 7.58. The third-order valence-corrected chi connectivity index (χ3v) is 3.62. The largest absolute Gasteiger partial charge is 0.339 e. The van der Waals surface area contributed by atoms with Crippen LogP contribution in [0.15, 0.2) is 4.52 Å². The van der Waals surface area contributed by atoms with Gasteiger partial charge in [0.1, 0.15) is 0 Å². The molecule has 1 aromatic heterocycles. The first-order valence-corrected chi connectivity index (χ1v) is 6.33. The average Bonchev–Trinajstić information content (AvgIpc) is 2.89. The van der Waals surface area contributed by atoms with E-state index in [9.17, 15) is 0 Å². The van der Waals surface area contributed by atoms with Crippen LogP contribution in [0.3, 0.4) is 0 Å². The summed E-state index contributed by atoms with van der Waals surface area (Å²) in [6.07, 6.45) is 1.27. The van der Waals surface area contributed by atoms with Gasteiger partial charge in [0.05, 0.1) is 6.54 Å². The summed E-state index contributed by atoms with van der Waals surface area (Å²) in [6, 6.07) is 1.34. The zero-order valence-electron chi connectivity index (χ0n) is 10.7. The molecule has 5 nitrogen and oxygen atoms in total. The fraction of sp³-hybridized carbons (Fsp3) is 0.833. The van der Waals surface area contributed by atoms with E-state index < -0.39 is 0 Å². The van der Waals surface area contributed by atoms with Gasteiger partial charge in [-0.25, -0.2) is 0 Å². The standard InChI is InChI=1S/C12H20N4O/c1-12(2,3)11-14-10(15-17-11)7-16-6-8-4-9(16)5-13-8/h8-9,13H,4-7H2,1-3H3/t8-,9-/m0/s1. The molecule has 2 saturated heterocycles. The van der Waals surface area contributed by atoms with Gasteiger partial charge in [-0.3, -0.25) is 4.90 Å². The van der Waals surface area contributed by atoms with Gasteiger partial charge in [0.2, 0.25) is 5.89 Å². The van der Waals surface area contributed by atoms with Crippen molar-refractivity contribution >= 4 is 0 Å². The number of rotatable bonds is 2. The van der Waals surface area contributed by atoms with E-state index in [1.807, 2.05) is 0 Å². The Balaban J connectivity index is 1.68. The predicted molar refractivity (Wildman–Crippen MR) is 63.6 cm³/mol. The van der Waals surface area contributed by atoms with E-state index in [-0.39, 0.29) is 5.41 Å². The second-order valence-corrected chi connectivity index (χ2v) is 6.19. The Kier molecular flexibility index (Phi) is 2.48. The SMILES string of the molecule is CC(C)(C)c1nc(CN2C[C@@H]3C[C@H]2CN3)no1. The van der Waals surface area contributed by atoms with Gasteiger partial charge in [0.25, 0.3) is 0 Å². The lowest BCUT2D eigenvalue weighted by atomic mass is 9.97. The number of hydrogen-bond acceptors (Lipinski definition) is 5. The average molecular weight is 236 g/mol. The molecule has 2 aliphatic heterocycles. The Labute approximate surface area is 102 Å². The lowest BCUT2D eigenvalue weighted by Crippen LogP contribution is -2.43. The second-order valence-electron chi connectivity index (χ2n) is 6.19. The van der Waals surface area contributed by atoms with Crippen molar-refractivity contribution in [1.29, 1.82) is 0 Å². The molecule has 0 spiro atoms. The molecular weight excluding hydrogens is 216 g/mol. The van der Waals surface area contributed by atoms with Crippen molar-refractivity contribution in [3.05, 3.63) is 11.7 Å². The van der Waals surface area contributed by atoms with Gasteiger partial charge in [-0.1, -0.05) is 25.9 Å². The van der Waals surface area contributed by atoms with Crippen LogP contribution < -0.4 is 5.32 Å². The van der Waals surface area contributed by atoms with Crippen molar-refractivity contribution in [3.8, 4) is 0 Å². The van der Waals surface area contributed by atoms with Crippen molar-refractivity contribution in [2.45, 2.75) is 51.2 Å². The maximum absolute atomic E-state index is 5.32. The number of nitrogens with one attached hydrogen (secondary N) is 1. The van der Waals surface area contributed by atoms with E-state index in [2.05, 4.69) is 41.1 Å². The van der Waals surface area contributed by atoms with E-state index in [1.165, 1.54) is 6.42 Å². The summed E-state index contributed by atoms with van der Waals surface area (Å²) in [5.41, 5.74) is -0.0587. The van der Waals surface area contributed by atoms with E-state index in [0.717, 1.165) is 31.3 Å². The van der Waals surface area contributed by atoms with Gasteiger partial charge in [0, 0.05) is 30.6 Å². The molecule has 0 aliphatic carbocycles. The van der Waals surface area contributed by atoms with Gasteiger partial charge in [-0.15, -0.1) is 0 Å². The van der Waals surface area contributed by atoms with Gasteiger partial charge >= 0.3 is 0 Å². The van der Waals surface area contributed by atoms with Crippen molar-refractivity contribution in [1.82, 2.24) is 20.4 Å². The van der Waals surface area contributed by atoms with Gasteiger partial charge < -0.3 is 9.84 Å². The molecule has 0 amide bonds. The number of nitrogens with zero attached hydrogens (tertiary/aromatic N) is 3. The van der Waals surface area contributed by atoms with Crippen molar-refractivity contribution in [2.75, 3.05) is 13.1 Å². The summed E-state index contributed by atoms with van der Waals surface area (Å²) in [7, 11) is 0. The number of piperazine rings is 1. The third kappa shape index (κ3) is 2.09. The minimum absolute atomic E-state index is 0.0587. The lowest BCUT2D eigenvalue weighted by molar-refractivity contribution is 0.209. The minimum atomic E-state index is -0.0587. The summed E-state index contributed by atoms with van der Waals surface area (Å²) in [4.78, 5) is 6.95. The lowest BCUT2D eigenvalue weighted by Gasteiger charge is -2.25. The fourth-order valence-corrected chi connectivity index (χ4v) is 2.65. The van der Waals surface area contributed by atoms with Crippen molar-refractivity contribution in [2.24, 2.45) is 0 Å². The van der Waals surface area contributed by atoms with E-state index in [0.29, 0.717) is 12.1 Å². The topological polar surface area (TPSA) is 54.2 Å². The molecule has 94 valence electrons. The second kappa shape index (κ2) is 3.78. The van der Waals surface area contributed by atoms with Crippen LogP contribution in [0, 0.1) is 0 Å². The molecule has 3 rings (SSSR count). The molecule has 1 aromatic rings. The van der Waals surface area contributed by atoms with Gasteiger partial charge in [-0.2, -0.15) is 4.98 Å². The zero-order chi connectivity index (χ0) is 12.0. The fourth-order valence-electron chi connectivity index (χ4n) is 2.65. The highest BCUT2D eigenvalue weighted by atomic mass is 16.5. The van der Waals surface area contributed by atoms with Crippen LogP contribution in [0.25, 0.3) is 0 Å². The van der Waals surface area contributed by atoms with Crippen LogP contribution in [-0.4, -0.2) is 40.2 Å². The first kappa shape index (κ1) is 11.2. The van der Waals surface area contributed by atoms with Crippen LogP contribution >= 0.6 is 0 Å². The number of hydrogen-bond donors (Lipinski definition) is 1. The Bertz CT molecular complexity index is 409. The molecule has 0 radical (unpaired) electrons. The highest BCUT2D eigenvalue weighted by Gasteiger charge is 2.38. The summed E-state index contributed by atoms with van der Waals surface area (Å²) in [6.45, 7) is 9.31. The normalized spacial score (nSPS) is 29.1. The molecule has 2 aliphatic rings. The number of likely N-dealkylation sites (tertiary alicyclic amines) is 1. The monoisotopic (exact) mass is 236 g/mol. The molecule has 3 heterocycles. The quantitative estimate of drug-likeness (QED) is 0.827.